The molecule has 1 saturated heterocycles. The molecule has 3 heterocycles. The van der Waals surface area contributed by atoms with E-state index in [1.54, 1.807) is 4.90 Å². The van der Waals surface area contributed by atoms with Gasteiger partial charge in [0.15, 0.2) is 5.76 Å². The molecule has 2 aliphatic rings. The van der Waals surface area contributed by atoms with Gasteiger partial charge in [0.1, 0.15) is 17.6 Å². The third kappa shape index (κ3) is 3.88. The molecule has 5 heteroatoms. The number of aryl methyl sites for hydroxylation is 1. The average molecular weight is 368 g/mol. The van der Waals surface area contributed by atoms with Crippen LogP contribution in [0.1, 0.15) is 47.2 Å². The van der Waals surface area contributed by atoms with Crippen LogP contribution in [0.5, 0.6) is 5.75 Å². The highest BCUT2D eigenvalue weighted by molar-refractivity contribution is 5.91. The highest BCUT2D eigenvalue weighted by atomic mass is 16.5. The molecule has 27 heavy (non-hydrogen) atoms. The minimum Gasteiger partial charge on any atom is -0.488 e. The monoisotopic (exact) mass is 368 g/mol. The molecule has 0 saturated carbocycles. The fraction of sp³-hybridized carbons (Fsp3) is 0.500. The fourth-order valence-electron chi connectivity index (χ4n) is 4.12. The van der Waals surface area contributed by atoms with Crippen molar-refractivity contribution in [3.05, 3.63) is 53.0 Å². The first-order valence-electron chi connectivity index (χ1n) is 9.98. The quantitative estimate of drug-likeness (QED) is 0.783. The van der Waals surface area contributed by atoms with Crippen molar-refractivity contribution in [2.75, 3.05) is 26.7 Å². The van der Waals surface area contributed by atoms with E-state index in [9.17, 15) is 4.79 Å². The minimum absolute atomic E-state index is 0.000952. The predicted octanol–water partition coefficient (Wildman–Crippen LogP) is 3.51. The SMILES string of the molecule is CCc1oc(C(=O)N(C)C[C@@H]2Cc3ccccc3O2)cc1CN1CCCC1. The molecule has 1 amide bonds. The summed E-state index contributed by atoms with van der Waals surface area (Å²) >= 11 is 0. The predicted molar refractivity (Wildman–Crippen MR) is 104 cm³/mol. The van der Waals surface area contributed by atoms with Gasteiger partial charge in [-0.3, -0.25) is 9.69 Å². The third-order valence-electron chi connectivity index (χ3n) is 5.56. The number of carbonyl (C=O) groups excluding carboxylic acids is 1. The largest absolute Gasteiger partial charge is 0.488 e. The molecule has 0 spiro atoms. The van der Waals surface area contributed by atoms with E-state index >= 15 is 0 Å². The Hall–Kier alpha value is -2.27. The number of nitrogens with zero attached hydrogens (tertiary/aromatic N) is 2. The Kier molecular flexibility index (Phi) is 5.21. The number of carbonyl (C=O) groups is 1. The van der Waals surface area contributed by atoms with E-state index in [1.807, 2.05) is 31.3 Å². The lowest BCUT2D eigenvalue weighted by Gasteiger charge is -2.20. The molecular formula is C22H28N2O3. The Labute approximate surface area is 160 Å². The molecule has 1 fully saturated rings. The molecule has 144 valence electrons. The molecule has 0 aliphatic carbocycles. The van der Waals surface area contributed by atoms with E-state index in [4.69, 9.17) is 9.15 Å². The standard InChI is InChI=1S/C22H28N2O3/c1-3-19-17(14-24-10-6-7-11-24)13-21(27-19)22(25)23(2)15-18-12-16-8-4-5-9-20(16)26-18/h4-5,8-9,13,18H,3,6-7,10-12,14-15H2,1-2H3/t18-/m0/s1. The maximum Gasteiger partial charge on any atom is 0.289 e. The van der Waals surface area contributed by atoms with Gasteiger partial charge in [-0.2, -0.15) is 0 Å². The third-order valence-corrected chi connectivity index (χ3v) is 5.56. The normalized spacial score (nSPS) is 19.1. The number of hydrogen-bond acceptors (Lipinski definition) is 4. The lowest BCUT2D eigenvalue weighted by molar-refractivity contribution is 0.0698. The molecule has 0 bridgehead atoms. The lowest BCUT2D eigenvalue weighted by atomic mass is 10.1. The van der Waals surface area contributed by atoms with E-state index in [2.05, 4.69) is 17.9 Å². The van der Waals surface area contributed by atoms with Gasteiger partial charge in [-0.05, 0) is 43.6 Å². The van der Waals surface area contributed by atoms with Gasteiger partial charge in [0.2, 0.25) is 0 Å². The summed E-state index contributed by atoms with van der Waals surface area (Å²) in [7, 11) is 1.82. The molecule has 2 aromatic rings. The van der Waals surface area contributed by atoms with Gasteiger partial charge in [-0.15, -0.1) is 0 Å². The Balaban J connectivity index is 1.40. The van der Waals surface area contributed by atoms with Crippen LogP contribution in [-0.2, 0) is 19.4 Å². The second kappa shape index (κ2) is 7.77. The number of fused-ring (bicyclic) bond motifs is 1. The summed E-state index contributed by atoms with van der Waals surface area (Å²) in [4.78, 5) is 17.0. The zero-order chi connectivity index (χ0) is 18.8. The number of ether oxygens (including phenoxy) is 1. The van der Waals surface area contributed by atoms with Crippen LogP contribution in [0.2, 0.25) is 0 Å². The van der Waals surface area contributed by atoms with Crippen molar-refractivity contribution in [1.29, 1.82) is 0 Å². The van der Waals surface area contributed by atoms with Gasteiger partial charge < -0.3 is 14.1 Å². The van der Waals surface area contributed by atoms with Crippen LogP contribution in [0.3, 0.4) is 0 Å². The first-order valence-corrected chi connectivity index (χ1v) is 9.98. The van der Waals surface area contributed by atoms with E-state index in [-0.39, 0.29) is 12.0 Å². The maximum atomic E-state index is 12.9. The van der Waals surface area contributed by atoms with Crippen LogP contribution >= 0.6 is 0 Å². The Morgan fingerprint density at radius 2 is 2.04 bits per heavy atom. The number of hydrogen-bond donors (Lipinski definition) is 0. The molecule has 0 unspecified atom stereocenters. The molecule has 1 aromatic carbocycles. The summed E-state index contributed by atoms with van der Waals surface area (Å²) in [6.07, 6.45) is 4.17. The van der Waals surface area contributed by atoms with Crippen LogP contribution < -0.4 is 4.74 Å². The van der Waals surface area contributed by atoms with Crippen molar-refractivity contribution in [2.24, 2.45) is 0 Å². The smallest absolute Gasteiger partial charge is 0.289 e. The van der Waals surface area contributed by atoms with Crippen molar-refractivity contribution in [2.45, 2.75) is 45.3 Å². The van der Waals surface area contributed by atoms with E-state index in [0.717, 1.165) is 49.5 Å². The molecule has 1 atom stereocenters. The Morgan fingerprint density at radius 1 is 1.26 bits per heavy atom. The van der Waals surface area contributed by atoms with E-state index in [0.29, 0.717) is 12.3 Å². The molecule has 0 N–H and O–H groups in total. The van der Waals surface area contributed by atoms with Gasteiger partial charge >= 0.3 is 0 Å². The van der Waals surface area contributed by atoms with Crippen LogP contribution in [-0.4, -0.2) is 48.5 Å². The summed E-state index contributed by atoms with van der Waals surface area (Å²) in [5.74, 6) is 2.24. The minimum atomic E-state index is -0.0723. The maximum absolute atomic E-state index is 12.9. The summed E-state index contributed by atoms with van der Waals surface area (Å²) in [5, 5.41) is 0. The van der Waals surface area contributed by atoms with E-state index in [1.165, 1.54) is 18.4 Å². The number of likely N-dealkylation sites (tertiary alicyclic amines) is 1. The number of para-hydroxylation sites is 1. The lowest BCUT2D eigenvalue weighted by Crippen LogP contribution is -2.36. The summed E-state index contributed by atoms with van der Waals surface area (Å²) < 4.78 is 11.9. The van der Waals surface area contributed by atoms with Gasteiger partial charge in [-0.1, -0.05) is 25.1 Å². The zero-order valence-corrected chi connectivity index (χ0v) is 16.2. The van der Waals surface area contributed by atoms with Crippen molar-refractivity contribution >= 4 is 5.91 Å². The summed E-state index contributed by atoms with van der Waals surface area (Å²) in [5.41, 5.74) is 2.36. The highest BCUT2D eigenvalue weighted by Gasteiger charge is 2.27. The van der Waals surface area contributed by atoms with Crippen molar-refractivity contribution in [3.63, 3.8) is 0 Å². The Morgan fingerprint density at radius 3 is 2.78 bits per heavy atom. The molecule has 4 rings (SSSR count). The van der Waals surface area contributed by atoms with Gasteiger partial charge in [0, 0.05) is 32.0 Å². The Bertz CT molecular complexity index is 783. The average Bonchev–Trinajstić information content (AvgIpc) is 3.40. The molecular weight excluding hydrogens is 340 g/mol. The van der Waals surface area contributed by atoms with Crippen molar-refractivity contribution < 1.29 is 13.9 Å². The molecule has 1 aromatic heterocycles. The first-order chi connectivity index (χ1) is 13.1. The number of amides is 1. The molecule has 5 nitrogen and oxygen atoms in total. The first kappa shape index (κ1) is 18.1. The van der Waals surface area contributed by atoms with Crippen LogP contribution in [0.25, 0.3) is 0 Å². The zero-order valence-electron chi connectivity index (χ0n) is 16.2. The van der Waals surface area contributed by atoms with Crippen LogP contribution in [0.4, 0.5) is 0 Å². The molecule has 2 aliphatic heterocycles. The summed E-state index contributed by atoms with van der Waals surface area (Å²) in [6.45, 7) is 5.78. The number of rotatable bonds is 6. The fourth-order valence-corrected chi connectivity index (χ4v) is 4.12. The van der Waals surface area contributed by atoms with Gasteiger partial charge in [0.25, 0.3) is 5.91 Å². The number of likely N-dealkylation sites (N-methyl/N-ethyl adjacent to an activating group) is 1. The number of benzene rings is 1. The highest BCUT2D eigenvalue weighted by Crippen LogP contribution is 2.29. The second-order valence-corrected chi connectivity index (χ2v) is 7.63. The van der Waals surface area contributed by atoms with Gasteiger partial charge in [0.05, 0.1) is 6.54 Å². The van der Waals surface area contributed by atoms with Crippen LogP contribution in [0, 0.1) is 0 Å². The second-order valence-electron chi connectivity index (χ2n) is 7.63. The van der Waals surface area contributed by atoms with Crippen molar-refractivity contribution in [3.8, 4) is 5.75 Å². The van der Waals surface area contributed by atoms with Gasteiger partial charge in [-0.25, -0.2) is 0 Å². The number of furan rings is 1. The topological polar surface area (TPSA) is 45.9 Å². The van der Waals surface area contributed by atoms with E-state index < -0.39 is 0 Å². The van der Waals surface area contributed by atoms with Crippen LogP contribution in [0.15, 0.2) is 34.7 Å². The summed E-state index contributed by atoms with van der Waals surface area (Å²) in [6, 6.07) is 10.0. The van der Waals surface area contributed by atoms with Crippen molar-refractivity contribution in [1.82, 2.24) is 9.80 Å². The molecule has 0 radical (unpaired) electrons.